The van der Waals surface area contributed by atoms with Crippen molar-refractivity contribution in [2.45, 2.75) is 12.4 Å². The van der Waals surface area contributed by atoms with Crippen molar-refractivity contribution in [1.82, 2.24) is 9.80 Å². The highest BCUT2D eigenvalue weighted by atomic mass is 19.4. The molecule has 0 spiro atoms. The molecule has 4 nitrogen and oxygen atoms in total. The van der Waals surface area contributed by atoms with E-state index in [9.17, 15) is 35.9 Å². The van der Waals surface area contributed by atoms with Gasteiger partial charge in [0.1, 0.15) is 13.1 Å². The third-order valence-corrected chi connectivity index (χ3v) is 1.72. The maximum Gasteiger partial charge on any atom is 0.471 e. The van der Waals surface area contributed by atoms with Crippen LogP contribution in [0, 0.1) is 0 Å². The molecule has 0 aromatic carbocycles. The Balaban J connectivity index is 4.96. The molecular weight excluding hydrogens is 270 g/mol. The molecule has 0 heterocycles. The predicted octanol–water partition coefficient (Wildman–Crippen LogP) is 1.03. The molecular formula is C8H10F6N2O2. The Morgan fingerprint density at radius 2 is 1.44 bits per heavy atom. The molecule has 0 aliphatic heterocycles. The standard InChI is InChI=1S/C8H10F6N2O2/c1-15(2)5(17)3-16(4-7(9,10)11)6(18)8(12,13)14/h3-4H2,1-2H3. The summed E-state index contributed by atoms with van der Waals surface area (Å²) in [5.41, 5.74) is 0. The molecule has 0 unspecified atom stereocenters. The first-order chi connectivity index (χ1) is 7.84. The highest BCUT2D eigenvalue weighted by Gasteiger charge is 2.46. The molecule has 0 radical (unpaired) electrons. The average Bonchev–Trinajstić information content (AvgIpc) is 2.11. The lowest BCUT2D eigenvalue weighted by Gasteiger charge is -2.25. The molecule has 0 rings (SSSR count). The van der Waals surface area contributed by atoms with Gasteiger partial charge in [-0.1, -0.05) is 0 Å². The zero-order valence-electron chi connectivity index (χ0n) is 9.39. The lowest BCUT2D eigenvalue weighted by Crippen LogP contribution is -2.49. The van der Waals surface area contributed by atoms with Crippen LogP contribution >= 0.6 is 0 Å². The number of halogens is 6. The Hall–Kier alpha value is -1.48. The normalized spacial score (nSPS) is 12.2. The molecule has 0 aliphatic rings. The molecule has 0 saturated carbocycles. The van der Waals surface area contributed by atoms with E-state index in [-0.39, 0.29) is 0 Å². The van der Waals surface area contributed by atoms with Crippen LogP contribution in [0.2, 0.25) is 0 Å². The zero-order chi connectivity index (χ0) is 14.7. The predicted molar refractivity (Wildman–Crippen MR) is 47.4 cm³/mol. The first kappa shape index (κ1) is 16.5. The van der Waals surface area contributed by atoms with Gasteiger partial charge in [-0.05, 0) is 0 Å². The quantitative estimate of drug-likeness (QED) is 0.724. The van der Waals surface area contributed by atoms with E-state index in [4.69, 9.17) is 0 Å². The van der Waals surface area contributed by atoms with E-state index in [1.165, 1.54) is 0 Å². The van der Waals surface area contributed by atoms with Gasteiger partial charge in [0.05, 0.1) is 0 Å². The largest absolute Gasteiger partial charge is 0.471 e. The van der Waals surface area contributed by atoms with E-state index in [1.54, 1.807) is 0 Å². The summed E-state index contributed by atoms with van der Waals surface area (Å²) in [6, 6.07) is 0. The molecule has 0 aliphatic carbocycles. The van der Waals surface area contributed by atoms with Crippen molar-refractivity contribution < 1.29 is 35.9 Å². The Bertz CT molecular complexity index is 323. The Labute approximate surface area is 98.1 Å². The summed E-state index contributed by atoms with van der Waals surface area (Å²) in [5.74, 6) is -3.74. The van der Waals surface area contributed by atoms with E-state index >= 15 is 0 Å². The second-order valence-corrected chi connectivity index (χ2v) is 3.56. The molecule has 18 heavy (non-hydrogen) atoms. The fourth-order valence-corrected chi connectivity index (χ4v) is 0.900. The van der Waals surface area contributed by atoms with Crippen LogP contribution in [-0.2, 0) is 9.59 Å². The summed E-state index contributed by atoms with van der Waals surface area (Å²) in [7, 11) is 2.29. The number of carbonyl (C=O) groups excluding carboxylic acids is 2. The van der Waals surface area contributed by atoms with Gasteiger partial charge in [0.15, 0.2) is 0 Å². The smallest absolute Gasteiger partial charge is 0.347 e. The van der Waals surface area contributed by atoms with Crippen molar-refractivity contribution >= 4 is 11.8 Å². The number of carbonyl (C=O) groups is 2. The molecule has 10 heteroatoms. The van der Waals surface area contributed by atoms with Gasteiger partial charge < -0.3 is 9.80 Å². The van der Waals surface area contributed by atoms with Gasteiger partial charge in [-0.15, -0.1) is 0 Å². The second kappa shape index (κ2) is 5.44. The van der Waals surface area contributed by atoms with Gasteiger partial charge in [-0.25, -0.2) is 0 Å². The number of alkyl halides is 6. The Kier molecular flexibility index (Phi) is 4.99. The van der Waals surface area contributed by atoms with Gasteiger partial charge in [0, 0.05) is 14.1 Å². The first-order valence-electron chi connectivity index (χ1n) is 4.47. The number of rotatable bonds is 3. The third-order valence-electron chi connectivity index (χ3n) is 1.72. The van der Waals surface area contributed by atoms with Gasteiger partial charge in [0.25, 0.3) is 0 Å². The fourth-order valence-electron chi connectivity index (χ4n) is 0.900. The topological polar surface area (TPSA) is 40.6 Å². The zero-order valence-corrected chi connectivity index (χ0v) is 9.39. The minimum Gasteiger partial charge on any atom is -0.347 e. The monoisotopic (exact) mass is 280 g/mol. The van der Waals surface area contributed by atoms with Crippen LogP contribution < -0.4 is 0 Å². The van der Waals surface area contributed by atoms with Crippen LogP contribution in [0.3, 0.4) is 0 Å². The molecule has 0 N–H and O–H groups in total. The summed E-state index contributed by atoms with van der Waals surface area (Å²) in [5, 5.41) is 0. The van der Waals surface area contributed by atoms with Gasteiger partial charge in [-0.2, -0.15) is 26.3 Å². The van der Waals surface area contributed by atoms with Gasteiger partial charge in [-0.3, -0.25) is 9.59 Å². The van der Waals surface area contributed by atoms with E-state index < -0.39 is 42.2 Å². The van der Waals surface area contributed by atoms with Crippen LogP contribution in [0.1, 0.15) is 0 Å². The Morgan fingerprint density at radius 1 is 1.00 bits per heavy atom. The molecule has 0 atom stereocenters. The summed E-state index contributed by atoms with van der Waals surface area (Å²) in [6.07, 6.45) is -10.5. The molecule has 106 valence electrons. The molecule has 0 bridgehead atoms. The van der Waals surface area contributed by atoms with Crippen molar-refractivity contribution in [3.05, 3.63) is 0 Å². The van der Waals surface area contributed by atoms with Crippen LogP contribution in [0.5, 0.6) is 0 Å². The third kappa shape index (κ3) is 5.73. The molecule has 0 saturated heterocycles. The minimum atomic E-state index is -5.46. The highest BCUT2D eigenvalue weighted by Crippen LogP contribution is 2.22. The molecule has 0 aromatic rings. The number of amides is 2. The highest BCUT2D eigenvalue weighted by molar-refractivity contribution is 5.87. The van der Waals surface area contributed by atoms with Crippen molar-refractivity contribution in [3.63, 3.8) is 0 Å². The molecule has 2 amide bonds. The van der Waals surface area contributed by atoms with Crippen molar-refractivity contribution in [2.75, 3.05) is 27.2 Å². The Morgan fingerprint density at radius 3 is 1.72 bits per heavy atom. The number of nitrogens with zero attached hydrogens (tertiary/aromatic N) is 2. The van der Waals surface area contributed by atoms with Crippen molar-refractivity contribution in [3.8, 4) is 0 Å². The van der Waals surface area contributed by atoms with Gasteiger partial charge in [0.2, 0.25) is 5.91 Å². The van der Waals surface area contributed by atoms with Crippen molar-refractivity contribution in [2.24, 2.45) is 0 Å². The van der Waals surface area contributed by atoms with E-state index in [0.717, 1.165) is 19.0 Å². The fraction of sp³-hybridized carbons (Fsp3) is 0.750. The lowest BCUT2D eigenvalue weighted by molar-refractivity contribution is -0.198. The maximum absolute atomic E-state index is 12.0. The van der Waals surface area contributed by atoms with Crippen LogP contribution in [-0.4, -0.2) is 61.2 Å². The van der Waals surface area contributed by atoms with E-state index in [2.05, 4.69) is 0 Å². The summed E-state index contributed by atoms with van der Waals surface area (Å²) in [4.78, 5) is 22.0. The number of hydrogen-bond acceptors (Lipinski definition) is 2. The van der Waals surface area contributed by atoms with Gasteiger partial charge >= 0.3 is 18.3 Å². The summed E-state index contributed by atoms with van der Waals surface area (Å²) >= 11 is 0. The molecule has 0 aromatic heterocycles. The summed E-state index contributed by atoms with van der Waals surface area (Å²) in [6.45, 7) is -3.42. The van der Waals surface area contributed by atoms with Crippen LogP contribution in [0.25, 0.3) is 0 Å². The second-order valence-electron chi connectivity index (χ2n) is 3.56. The molecule has 0 fully saturated rings. The van der Waals surface area contributed by atoms with E-state index in [1.807, 2.05) is 0 Å². The lowest BCUT2D eigenvalue weighted by atomic mass is 10.4. The summed E-state index contributed by atoms with van der Waals surface area (Å²) < 4.78 is 72.2. The average molecular weight is 280 g/mol. The van der Waals surface area contributed by atoms with Crippen molar-refractivity contribution in [1.29, 1.82) is 0 Å². The van der Waals surface area contributed by atoms with Crippen LogP contribution in [0.4, 0.5) is 26.3 Å². The maximum atomic E-state index is 12.0. The number of likely N-dealkylation sites (N-methyl/N-ethyl adjacent to an activating group) is 1. The minimum absolute atomic E-state index is 0.581. The SMILES string of the molecule is CN(C)C(=O)CN(CC(F)(F)F)C(=O)C(F)(F)F. The number of hydrogen-bond donors (Lipinski definition) is 0. The van der Waals surface area contributed by atoms with E-state index in [0.29, 0.717) is 0 Å². The van der Waals surface area contributed by atoms with Crippen LogP contribution in [0.15, 0.2) is 0 Å². The first-order valence-corrected chi connectivity index (χ1v) is 4.47.